The van der Waals surface area contributed by atoms with E-state index in [2.05, 4.69) is 77.6 Å². The van der Waals surface area contributed by atoms with E-state index in [-0.39, 0.29) is 5.84 Å². The third-order valence-corrected chi connectivity index (χ3v) is 12.3. The van der Waals surface area contributed by atoms with E-state index in [1.54, 1.807) is 18.2 Å². The first-order valence-electron chi connectivity index (χ1n) is 19.3. The molecule has 2 heterocycles. The van der Waals surface area contributed by atoms with Crippen molar-refractivity contribution in [3.05, 3.63) is 202 Å². The zero-order chi connectivity index (χ0) is 40.1. The second-order valence-electron chi connectivity index (χ2n) is 14.7. The molecule has 288 valence electrons. The smallest absolute Gasteiger partial charge is 0.237 e. The van der Waals surface area contributed by atoms with Crippen LogP contribution in [-0.2, 0) is 0 Å². The van der Waals surface area contributed by atoms with Gasteiger partial charge in [0.05, 0.1) is 5.69 Å². The van der Waals surface area contributed by atoms with E-state index in [4.69, 9.17) is 4.99 Å². The maximum Gasteiger partial charge on any atom is 0.237 e. The molecule has 56 heavy (non-hydrogen) atoms. The third-order valence-electron chi connectivity index (χ3n) is 10.5. The van der Waals surface area contributed by atoms with E-state index in [1.807, 2.05) is 99.7 Å². The Kier molecular flexibility index (Phi) is 12.3. The number of allylic oxidation sites excluding steroid dienone is 17. The molecule has 0 radical (unpaired) electrons. The average Bonchev–Trinajstić information content (AvgIpc) is 3.16. The summed E-state index contributed by atoms with van der Waals surface area (Å²) in [5.74, 6) is 0.206. The molecule has 0 saturated heterocycles. The first kappa shape index (κ1) is 40.2. The van der Waals surface area contributed by atoms with Gasteiger partial charge in [0.25, 0.3) is 0 Å². The van der Waals surface area contributed by atoms with Crippen LogP contribution in [0.1, 0.15) is 71.1 Å². The highest BCUT2D eigenvalue weighted by molar-refractivity contribution is 8.25. The van der Waals surface area contributed by atoms with E-state index in [0.29, 0.717) is 11.4 Å². The molecule has 1 atom stereocenters. The summed E-state index contributed by atoms with van der Waals surface area (Å²) in [4.78, 5) is 5.13. The molecule has 3 aromatic carbocycles. The number of amidine groups is 1. The minimum absolute atomic E-state index is 0.206. The number of halogens is 2. The summed E-state index contributed by atoms with van der Waals surface area (Å²) in [6.45, 7) is 20.5. The Balaban J connectivity index is 1.55. The van der Waals surface area contributed by atoms with Gasteiger partial charge >= 0.3 is 0 Å². The molecule has 0 bridgehead atoms. The Bertz CT molecular complexity index is 2330. The van der Waals surface area contributed by atoms with Crippen molar-refractivity contribution in [1.29, 1.82) is 0 Å². The second-order valence-corrected chi connectivity index (χ2v) is 16.3. The Morgan fingerprint density at radius 3 is 2.25 bits per heavy atom. The van der Waals surface area contributed by atoms with Gasteiger partial charge in [-0.15, -0.1) is 7.77 Å². The summed E-state index contributed by atoms with van der Waals surface area (Å²) in [5.41, 5.74) is 14.4. The van der Waals surface area contributed by atoms with Gasteiger partial charge in [-0.05, 0) is 149 Å². The van der Waals surface area contributed by atoms with Crippen LogP contribution in [-0.4, -0.2) is 16.3 Å². The van der Waals surface area contributed by atoms with E-state index in [1.165, 1.54) is 21.0 Å². The number of benzene rings is 3. The van der Waals surface area contributed by atoms with E-state index >= 15 is 7.77 Å². The van der Waals surface area contributed by atoms with Gasteiger partial charge < -0.3 is 0 Å². The lowest BCUT2D eigenvalue weighted by atomic mass is 9.87. The number of rotatable bonds is 9. The molecule has 0 amide bonds. The van der Waals surface area contributed by atoms with Crippen LogP contribution in [0.5, 0.6) is 0 Å². The van der Waals surface area contributed by atoms with Gasteiger partial charge in [0.1, 0.15) is 5.84 Å². The normalized spacial score (nSPS) is 23.1. The van der Waals surface area contributed by atoms with Crippen molar-refractivity contribution in [1.82, 2.24) is 4.31 Å². The minimum atomic E-state index is -4.72. The Labute approximate surface area is 335 Å². The molecule has 0 fully saturated rings. The van der Waals surface area contributed by atoms with Crippen LogP contribution in [0.2, 0.25) is 0 Å². The van der Waals surface area contributed by atoms with Gasteiger partial charge in [-0.2, -0.15) is 0 Å². The summed E-state index contributed by atoms with van der Waals surface area (Å²) in [7, 11) is 0. The molecule has 3 aliphatic rings. The summed E-state index contributed by atoms with van der Waals surface area (Å²) in [6, 6.07) is 23.8. The van der Waals surface area contributed by atoms with Crippen molar-refractivity contribution < 1.29 is 7.77 Å². The standard InChI is InChI=1S/C50H53F2N3S/c1-10-16-40(11-2)21-28-49-53-50-33-48(42-17-14-13-15-18-42)47(32-41(12-3)45-26-19-34(4)29-36(6)31-38(45)8)39(9)54(50)56(51,52)55(49)44-24-22-43(23-25-44)46-27-20-35(5)30-37(46)7/h10-18,20-25,27-33,50H,3,19,26H2,1-2,4-9H3/b16-10-,28-21+,34-29-,36-31-,40-11+,41-32+,45-38+. The Hall–Kier alpha value is -5.46. The van der Waals surface area contributed by atoms with Crippen molar-refractivity contribution in [2.24, 2.45) is 4.99 Å². The predicted molar refractivity (Wildman–Crippen MR) is 239 cm³/mol. The molecular weight excluding hydrogens is 713 g/mol. The average molecular weight is 766 g/mol. The van der Waals surface area contributed by atoms with Crippen LogP contribution < -0.4 is 4.31 Å². The van der Waals surface area contributed by atoms with Crippen molar-refractivity contribution in [3.63, 3.8) is 0 Å². The van der Waals surface area contributed by atoms with Crippen LogP contribution in [0.3, 0.4) is 0 Å². The zero-order valence-corrected chi connectivity index (χ0v) is 34.7. The molecule has 2 aliphatic heterocycles. The maximum atomic E-state index is 17.9. The van der Waals surface area contributed by atoms with E-state index in [0.717, 1.165) is 72.8 Å². The first-order valence-corrected chi connectivity index (χ1v) is 20.6. The SMILES string of the molecule is C=CC(=C\C1=C(C)N2C(C=C1c1ccccc1)N=C(/C=C/C(/C=C\C)=C/C)N(c1ccc(-c3ccc(C)cc3C)cc1)S2(F)F)/C1=C(C)/C=C(C)\C=C(\C)CC1. The minimum Gasteiger partial charge on any atom is -0.246 e. The number of hydrogen-bond donors (Lipinski definition) is 0. The fourth-order valence-corrected chi connectivity index (χ4v) is 9.47. The number of nitrogens with zero attached hydrogens (tertiary/aromatic N) is 3. The van der Waals surface area contributed by atoms with Crippen LogP contribution in [0.15, 0.2) is 190 Å². The number of aliphatic imine (C=N–C) groups is 1. The molecule has 3 aromatic rings. The van der Waals surface area contributed by atoms with Gasteiger partial charge in [0.15, 0.2) is 6.17 Å². The summed E-state index contributed by atoms with van der Waals surface area (Å²) < 4.78 is 38.1. The summed E-state index contributed by atoms with van der Waals surface area (Å²) >= 11 is -4.72. The number of hydrogen-bond acceptors (Lipinski definition) is 3. The molecule has 0 spiro atoms. The summed E-state index contributed by atoms with van der Waals surface area (Å²) in [5, 5.41) is 0. The lowest BCUT2D eigenvalue weighted by Crippen LogP contribution is -2.48. The van der Waals surface area contributed by atoms with Crippen molar-refractivity contribution in [2.45, 2.75) is 74.4 Å². The fraction of sp³-hybridized carbons (Fsp3) is 0.220. The number of aryl methyl sites for hydroxylation is 2. The van der Waals surface area contributed by atoms with Gasteiger partial charge in [-0.3, -0.25) is 0 Å². The lowest BCUT2D eigenvalue weighted by molar-refractivity contribution is 0.425. The predicted octanol–water partition coefficient (Wildman–Crippen LogP) is 14.8. The molecule has 1 aliphatic carbocycles. The quantitative estimate of drug-likeness (QED) is 0.202. The molecule has 0 saturated carbocycles. The molecular formula is C50H53F2N3S. The second kappa shape index (κ2) is 17.1. The van der Waals surface area contributed by atoms with Gasteiger partial charge in [0.2, 0.25) is 11.2 Å². The fourth-order valence-electron chi connectivity index (χ4n) is 7.79. The molecule has 0 aromatic heterocycles. The van der Waals surface area contributed by atoms with Crippen LogP contribution >= 0.6 is 11.2 Å². The van der Waals surface area contributed by atoms with Crippen LogP contribution in [0, 0.1) is 13.8 Å². The van der Waals surface area contributed by atoms with Crippen molar-refractivity contribution in [3.8, 4) is 11.1 Å². The first-order chi connectivity index (χ1) is 26.9. The number of fused-ring (bicyclic) bond motifs is 1. The summed E-state index contributed by atoms with van der Waals surface area (Å²) in [6.07, 6.45) is 20.5. The zero-order valence-electron chi connectivity index (χ0n) is 33.9. The maximum absolute atomic E-state index is 17.9. The number of anilines is 1. The Morgan fingerprint density at radius 2 is 1.59 bits per heavy atom. The third kappa shape index (κ3) is 8.36. The van der Waals surface area contributed by atoms with Crippen molar-refractivity contribution >= 4 is 28.3 Å². The van der Waals surface area contributed by atoms with Gasteiger partial charge in [0, 0.05) is 11.3 Å². The van der Waals surface area contributed by atoms with Gasteiger partial charge in [-0.1, -0.05) is 126 Å². The highest BCUT2D eigenvalue weighted by Crippen LogP contribution is 2.66. The van der Waals surface area contributed by atoms with E-state index in [9.17, 15) is 0 Å². The lowest BCUT2D eigenvalue weighted by Gasteiger charge is -2.50. The highest BCUT2D eigenvalue weighted by Gasteiger charge is 2.50. The molecule has 1 unspecified atom stereocenters. The topological polar surface area (TPSA) is 18.8 Å². The highest BCUT2D eigenvalue weighted by atomic mass is 32.3. The Morgan fingerprint density at radius 1 is 0.857 bits per heavy atom. The van der Waals surface area contributed by atoms with Crippen LogP contribution in [0.25, 0.3) is 16.7 Å². The van der Waals surface area contributed by atoms with Crippen LogP contribution in [0.4, 0.5) is 13.5 Å². The van der Waals surface area contributed by atoms with E-state index < -0.39 is 17.3 Å². The monoisotopic (exact) mass is 765 g/mol. The molecule has 3 nitrogen and oxygen atoms in total. The molecule has 6 rings (SSSR count). The molecule has 0 N–H and O–H groups in total. The van der Waals surface area contributed by atoms with Gasteiger partial charge in [-0.25, -0.2) is 13.6 Å². The van der Waals surface area contributed by atoms with Crippen molar-refractivity contribution in [2.75, 3.05) is 4.31 Å². The molecule has 6 heteroatoms. The largest absolute Gasteiger partial charge is 0.246 e.